The second-order valence-electron chi connectivity index (χ2n) is 6.65. The van der Waals surface area contributed by atoms with E-state index in [-0.39, 0.29) is 11.9 Å². The van der Waals surface area contributed by atoms with Gasteiger partial charge in [-0.15, -0.1) is 10.2 Å². The first kappa shape index (κ1) is 17.5. The SMILES string of the molecule is CCc1cccc(C)c1NC(=O)N1CCC[C@H](c2nncn2CC)C1. The van der Waals surface area contributed by atoms with E-state index in [0.29, 0.717) is 6.54 Å². The minimum atomic E-state index is -0.0173. The van der Waals surface area contributed by atoms with Crippen LogP contribution >= 0.6 is 0 Å². The van der Waals surface area contributed by atoms with Gasteiger partial charge in [-0.3, -0.25) is 0 Å². The number of benzene rings is 1. The van der Waals surface area contributed by atoms with Gasteiger partial charge in [0.25, 0.3) is 0 Å². The number of piperidine rings is 1. The van der Waals surface area contributed by atoms with Gasteiger partial charge in [-0.1, -0.05) is 25.1 Å². The van der Waals surface area contributed by atoms with E-state index in [9.17, 15) is 4.79 Å². The fourth-order valence-electron chi connectivity index (χ4n) is 3.58. The molecule has 3 rings (SSSR count). The second kappa shape index (κ2) is 7.68. The molecule has 25 heavy (non-hydrogen) atoms. The van der Waals surface area contributed by atoms with Crippen LogP contribution in [0.25, 0.3) is 0 Å². The van der Waals surface area contributed by atoms with Crippen LogP contribution in [0.1, 0.15) is 49.6 Å². The minimum absolute atomic E-state index is 0.0173. The Hall–Kier alpha value is -2.37. The zero-order valence-electron chi connectivity index (χ0n) is 15.3. The summed E-state index contributed by atoms with van der Waals surface area (Å²) in [6.45, 7) is 8.57. The van der Waals surface area contributed by atoms with Crippen molar-refractivity contribution in [1.29, 1.82) is 0 Å². The lowest BCUT2D eigenvalue weighted by Crippen LogP contribution is -2.42. The van der Waals surface area contributed by atoms with Gasteiger partial charge in [0.15, 0.2) is 0 Å². The zero-order valence-corrected chi connectivity index (χ0v) is 15.3. The van der Waals surface area contributed by atoms with Gasteiger partial charge < -0.3 is 14.8 Å². The van der Waals surface area contributed by atoms with E-state index in [0.717, 1.165) is 49.4 Å². The molecule has 1 aliphatic rings. The molecule has 1 aromatic carbocycles. The van der Waals surface area contributed by atoms with Gasteiger partial charge in [-0.05, 0) is 44.2 Å². The summed E-state index contributed by atoms with van der Waals surface area (Å²) in [6, 6.07) is 6.14. The number of nitrogens with one attached hydrogen (secondary N) is 1. The zero-order chi connectivity index (χ0) is 17.8. The predicted octanol–water partition coefficient (Wildman–Crippen LogP) is 3.58. The molecule has 6 heteroatoms. The van der Waals surface area contributed by atoms with Crippen LogP contribution in [0.5, 0.6) is 0 Å². The fourth-order valence-corrected chi connectivity index (χ4v) is 3.58. The second-order valence-corrected chi connectivity index (χ2v) is 6.65. The maximum absolute atomic E-state index is 12.8. The van der Waals surface area contributed by atoms with Crippen LogP contribution in [0.2, 0.25) is 0 Å². The average Bonchev–Trinajstić information content (AvgIpc) is 3.12. The normalized spacial score (nSPS) is 17.6. The van der Waals surface area contributed by atoms with Crippen molar-refractivity contribution in [2.45, 2.75) is 52.5 Å². The Morgan fingerprint density at radius 1 is 1.36 bits per heavy atom. The molecule has 6 nitrogen and oxygen atoms in total. The molecule has 0 aliphatic carbocycles. The molecule has 1 aromatic heterocycles. The van der Waals surface area contributed by atoms with Crippen LogP contribution in [-0.4, -0.2) is 38.8 Å². The maximum atomic E-state index is 12.8. The van der Waals surface area contributed by atoms with Crippen molar-refractivity contribution in [1.82, 2.24) is 19.7 Å². The Labute approximate surface area is 149 Å². The Morgan fingerprint density at radius 2 is 2.20 bits per heavy atom. The summed E-state index contributed by atoms with van der Waals surface area (Å²) in [5.41, 5.74) is 3.23. The predicted molar refractivity (Wildman–Crippen MR) is 98.8 cm³/mol. The number of para-hydroxylation sites is 1. The number of amides is 2. The average molecular weight is 341 g/mol. The largest absolute Gasteiger partial charge is 0.324 e. The molecule has 1 saturated heterocycles. The highest BCUT2D eigenvalue weighted by molar-refractivity contribution is 5.91. The standard InChI is InChI=1S/C19H27N5O/c1-4-15-9-6-8-14(3)17(15)21-19(25)24-11-7-10-16(12-24)18-22-20-13-23(18)5-2/h6,8-9,13,16H,4-5,7,10-12H2,1-3H3,(H,21,25)/t16-/m0/s1. The van der Waals surface area contributed by atoms with E-state index in [2.05, 4.69) is 40.0 Å². The highest BCUT2D eigenvalue weighted by Crippen LogP contribution is 2.27. The van der Waals surface area contributed by atoms with Crippen LogP contribution in [0.15, 0.2) is 24.5 Å². The first-order chi connectivity index (χ1) is 12.1. The highest BCUT2D eigenvalue weighted by Gasteiger charge is 2.28. The molecule has 1 aliphatic heterocycles. The van der Waals surface area contributed by atoms with Crippen LogP contribution in [0.3, 0.4) is 0 Å². The summed E-state index contributed by atoms with van der Waals surface area (Å²) in [4.78, 5) is 14.7. The molecule has 2 heterocycles. The number of likely N-dealkylation sites (tertiary alicyclic amines) is 1. The number of hydrogen-bond donors (Lipinski definition) is 1. The fraction of sp³-hybridized carbons (Fsp3) is 0.526. The number of nitrogens with zero attached hydrogens (tertiary/aromatic N) is 4. The molecule has 0 saturated carbocycles. The van der Waals surface area contributed by atoms with Gasteiger partial charge in [0.2, 0.25) is 0 Å². The molecule has 0 radical (unpaired) electrons. The summed E-state index contributed by atoms with van der Waals surface area (Å²) >= 11 is 0. The molecule has 2 amide bonds. The van der Waals surface area contributed by atoms with Gasteiger partial charge in [0, 0.05) is 31.2 Å². The number of anilines is 1. The third kappa shape index (κ3) is 3.67. The van der Waals surface area contributed by atoms with Crippen molar-refractivity contribution in [3.63, 3.8) is 0 Å². The highest BCUT2D eigenvalue weighted by atomic mass is 16.2. The number of hydrogen-bond acceptors (Lipinski definition) is 3. The Kier molecular flexibility index (Phi) is 5.36. The number of carbonyl (C=O) groups excluding carboxylic acids is 1. The van der Waals surface area contributed by atoms with E-state index in [1.165, 1.54) is 5.56 Å². The van der Waals surface area contributed by atoms with Gasteiger partial charge in [-0.2, -0.15) is 0 Å². The van der Waals surface area contributed by atoms with Crippen molar-refractivity contribution < 1.29 is 4.79 Å². The number of carbonyl (C=O) groups is 1. The molecule has 134 valence electrons. The number of urea groups is 1. The van der Waals surface area contributed by atoms with Gasteiger partial charge in [0.05, 0.1) is 0 Å². The summed E-state index contributed by atoms with van der Waals surface area (Å²) < 4.78 is 2.07. The first-order valence-electron chi connectivity index (χ1n) is 9.16. The maximum Gasteiger partial charge on any atom is 0.321 e. The van der Waals surface area contributed by atoms with Crippen LogP contribution in [-0.2, 0) is 13.0 Å². The third-order valence-corrected chi connectivity index (χ3v) is 5.03. The Bertz CT molecular complexity index is 739. The van der Waals surface area contributed by atoms with Crippen molar-refractivity contribution in [2.24, 2.45) is 0 Å². The lowest BCUT2D eigenvalue weighted by molar-refractivity contribution is 0.190. The molecule has 1 fully saturated rings. The van der Waals surface area contributed by atoms with E-state index in [4.69, 9.17) is 0 Å². The van der Waals surface area contributed by atoms with Crippen molar-refractivity contribution in [2.75, 3.05) is 18.4 Å². The van der Waals surface area contributed by atoms with E-state index in [1.807, 2.05) is 24.0 Å². The minimum Gasteiger partial charge on any atom is -0.324 e. The summed E-state index contributed by atoms with van der Waals surface area (Å²) in [7, 11) is 0. The lowest BCUT2D eigenvalue weighted by atomic mass is 9.97. The van der Waals surface area contributed by atoms with Gasteiger partial charge >= 0.3 is 6.03 Å². The summed E-state index contributed by atoms with van der Waals surface area (Å²) in [6.07, 6.45) is 4.71. The first-order valence-corrected chi connectivity index (χ1v) is 9.16. The summed E-state index contributed by atoms with van der Waals surface area (Å²) in [5, 5.41) is 11.5. The number of rotatable bonds is 4. The van der Waals surface area contributed by atoms with Crippen LogP contribution in [0, 0.1) is 6.92 Å². The Balaban J connectivity index is 1.73. The molecule has 1 N–H and O–H groups in total. The molecule has 0 bridgehead atoms. The third-order valence-electron chi connectivity index (χ3n) is 5.03. The van der Waals surface area contributed by atoms with Crippen LogP contribution < -0.4 is 5.32 Å². The van der Waals surface area contributed by atoms with Crippen molar-refractivity contribution in [3.8, 4) is 0 Å². The lowest BCUT2D eigenvalue weighted by Gasteiger charge is -2.32. The van der Waals surface area contributed by atoms with Crippen LogP contribution in [0.4, 0.5) is 10.5 Å². The quantitative estimate of drug-likeness (QED) is 0.924. The molecular formula is C19H27N5O. The number of aromatic nitrogens is 3. The molecule has 1 atom stereocenters. The monoisotopic (exact) mass is 341 g/mol. The topological polar surface area (TPSA) is 63.1 Å². The molecule has 2 aromatic rings. The van der Waals surface area contributed by atoms with Gasteiger partial charge in [-0.25, -0.2) is 4.79 Å². The molecule has 0 unspecified atom stereocenters. The van der Waals surface area contributed by atoms with Crippen molar-refractivity contribution >= 4 is 11.7 Å². The van der Waals surface area contributed by atoms with E-state index < -0.39 is 0 Å². The smallest absolute Gasteiger partial charge is 0.321 e. The Morgan fingerprint density at radius 3 is 2.96 bits per heavy atom. The molecular weight excluding hydrogens is 314 g/mol. The van der Waals surface area contributed by atoms with Gasteiger partial charge in [0.1, 0.15) is 12.2 Å². The summed E-state index contributed by atoms with van der Waals surface area (Å²) in [5.74, 6) is 1.25. The number of aryl methyl sites for hydroxylation is 3. The van der Waals surface area contributed by atoms with E-state index in [1.54, 1.807) is 6.33 Å². The molecule has 0 spiro atoms. The van der Waals surface area contributed by atoms with E-state index >= 15 is 0 Å². The van der Waals surface area contributed by atoms with Crippen molar-refractivity contribution in [3.05, 3.63) is 41.5 Å².